The van der Waals surface area contributed by atoms with Crippen LogP contribution in [0.5, 0.6) is 0 Å². The molecule has 0 radical (unpaired) electrons. The molecule has 5 heteroatoms. The molecule has 0 unspecified atom stereocenters. The van der Waals surface area contributed by atoms with Crippen LogP contribution in [0.2, 0.25) is 0 Å². The van der Waals surface area contributed by atoms with Crippen molar-refractivity contribution in [3.05, 3.63) is 35.5 Å². The normalized spacial score (nSPS) is 11.1. The maximum Gasteiger partial charge on any atom is 0.211 e. The molecule has 0 fully saturated rings. The molecule has 3 aromatic heterocycles. The van der Waals surface area contributed by atoms with Gasteiger partial charge in [-0.15, -0.1) is 11.3 Å². The van der Waals surface area contributed by atoms with Crippen molar-refractivity contribution in [2.45, 2.75) is 6.54 Å². The Bertz CT molecular complexity index is 630. The SMILES string of the molecule is CNCc1nc2nc(-c3cccs3)ccc2o1. The van der Waals surface area contributed by atoms with Gasteiger partial charge in [0.1, 0.15) is 0 Å². The van der Waals surface area contributed by atoms with Crippen molar-refractivity contribution in [3.8, 4) is 10.6 Å². The summed E-state index contributed by atoms with van der Waals surface area (Å²) in [5.41, 5.74) is 2.34. The van der Waals surface area contributed by atoms with Crippen molar-refractivity contribution >= 4 is 22.6 Å². The van der Waals surface area contributed by atoms with E-state index in [4.69, 9.17) is 4.42 Å². The number of hydrogen-bond acceptors (Lipinski definition) is 5. The molecule has 0 aliphatic carbocycles. The number of thiophene rings is 1. The Labute approximate surface area is 102 Å². The van der Waals surface area contributed by atoms with Gasteiger partial charge >= 0.3 is 0 Å². The molecule has 0 spiro atoms. The van der Waals surface area contributed by atoms with E-state index in [2.05, 4.69) is 15.3 Å². The fourth-order valence-corrected chi connectivity index (χ4v) is 2.35. The number of hydrogen-bond donors (Lipinski definition) is 1. The van der Waals surface area contributed by atoms with Crippen LogP contribution in [0, 0.1) is 0 Å². The van der Waals surface area contributed by atoms with Gasteiger partial charge in [-0.3, -0.25) is 0 Å². The Morgan fingerprint density at radius 3 is 3.00 bits per heavy atom. The quantitative estimate of drug-likeness (QED) is 0.770. The highest BCUT2D eigenvalue weighted by molar-refractivity contribution is 7.13. The highest BCUT2D eigenvalue weighted by atomic mass is 32.1. The smallest absolute Gasteiger partial charge is 0.211 e. The molecule has 17 heavy (non-hydrogen) atoms. The zero-order valence-electron chi connectivity index (χ0n) is 9.30. The number of pyridine rings is 1. The van der Waals surface area contributed by atoms with Gasteiger partial charge in [-0.05, 0) is 30.6 Å². The zero-order chi connectivity index (χ0) is 11.7. The maximum absolute atomic E-state index is 5.55. The van der Waals surface area contributed by atoms with Crippen LogP contribution >= 0.6 is 11.3 Å². The standard InChI is InChI=1S/C12H11N3OS/c1-13-7-11-15-12-9(16-11)5-4-8(14-12)10-3-2-6-17-10/h2-6,13H,7H2,1H3. The molecule has 0 aliphatic rings. The van der Waals surface area contributed by atoms with Gasteiger partial charge < -0.3 is 9.73 Å². The average Bonchev–Trinajstić information content (AvgIpc) is 2.96. The van der Waals surface area contributed by atoms with Crippen LogP contribution in [0.3, 0.4) is 0 Å². The minimum atomic E-state index is 0.616. The van der Waals surface area contributed by atoms with Crippen molar-refractivity contribution < 1.29 is 4.42 Å². The second-order valence-corrected chi connectivity index (χ2v) is 4.58. The zero-order valence-corrected chi connectivity index (χ0v) is 10.1. The lowest BCUT2D eigenvalue weighted by Gasteiger charge is -1.94. The summed E-state index contributed by atoms with van der Waals surface area (Å²) in [7, 11) is 1.86. The van der Waals surface area contributed by atoms with Gasteiger partial charge in [-0.25, -0.2) is 4.98 Å². The average molecular weight is 245 g/mol. The molecule has 0 amide bonds. The maximum atomic E-state index is 5.55. The molecule has 1 N–H and O–H groups in total. The summed E-state index contributed by atoms with van der Waals surface area (Å²) < 4.78 is 5.55. The molecular formula is C12H11N3OS. The number of aromatic nitrogens is 2. The van der Waals surface area contributed by atoms with Crippen LogP contribution in [0.25, 0.3) is 21.8 Å². The molecule has 0 aromatic carbocycles. The Balaban J connectivity index is 2.06. The van der Waals surface area contributed by atoms with E-state index in [0.717, 1.165) is 16.2 Å². The van der Waals surface area contributed by atoms with Crippen LogP contribution in [-0.4, -0.2) is 17.0 Å². The molecule has 3 heterocycles. The third-order valence-corrected chi connectivity index (χ3v) is 3.29. The van der Waals surface area contributed by atoms with Crippen molar-refractivity contribution in [1.82, 2.24) is 15.3 Å². The Hall–Kier alpha value is -1.72. The largest absolute Gasteiger partial charge is 0.438 e. The fourth-order valence-electron chi connectivity index (χ4n) is 1.65. The molecule has 0 atom stereocenters. The van der Waals surface area contributed by atoms with Crippen molar-refractivity contribution in [1.29, 1.82) is 0 Å². The summed E-state index contributed by atoms with van der Waals surface area (Å²) in [6.07, 6.45) is 0. The van der Waals surface area contributed by atoms with Crippen LogP contribution in [0.1, 0.15) is 5.89 Å². The first kappa shape index (κ1) is 10.4. The predicted molar refractivity (Wildman–Crippen MR) is 67.9 cm³/mol. The van der Waals surface area contributed by atoms with Crippen LogP contribution in [-0.2, 0) is 6.54 Å². The highest BCUT2D eigenvalue weighted by Gasteiger charge is 2.08. The second-order valence-electron chi connectivity index (χ2n) is 3.63. The van der Waals surface area contributed by atoms with E-state index in [-0.39, 0.29) is 0 Å². The summed E-state index contributed by atoms with van der Waals surface area (Å²) in [6, 6.07) is 7.95. The number of nitrogens with one attached hydrogen (secondary N) is 1. The predicted octanol–water partition coefficient (Wildman–Crippen LogP) is 2.67. The minimum Gasteiger partial charge on any atom is -0.438 e. The lowest BCUT2D eigenvalue weighted by Crippen LogP contribution is -2.04. The van der Waals surface area contributed by atoms with E-state index in [1.54, 1.807) is 11.3 Å². The summed E-state index contributed by atoms with van der Waals surface area (Å²) in [5, 5.41) is 5.04. The molecule has 3 rings (SSSR count). The van der Waals surface area contributed by atoms with E-state index in [1.165, 1.54) is 0 Å². The monoisotopic (exact) mass is 245 g/mol. The number of rotatable bonds is 3. The van der Waals surface area contributed by atoms with Gasteiger partial charge in [0.2, 0.25) is 5.89 Å². The Morgan fingerprint density at radius 1 is 1.29 bits per heavy atom. The number of fused-ring (bicyclic) bond motifs is 1. The Morgan fingerprint density at radius 2 is 2.24 bits per heavy atom. The number of oxazole rings is 1. The van der Waals surface area contributed by atoms with Gasteiger partial charge in [0.05, 0.1) is 17.1 Å². The van der Waals surface area contributed by atoms with E-state index in [1.807, 2.05) is 36.7 Å². The third-order valence-electron chi connectivity index (χ3n) is 2.40. The van der Waals surface area contributed by atoms with Crippen molar-refractivity contribution in [2.75, 3.05) is 7.05 Å². The first-order chi connectivity index (χ1) is 8.36. The van der Waals surface area contributed by atoms with E-state index < -0.39 is 0 Å². The molecular weight excluding hydrogens is 234 g/mol. The van der Waals surface area contributed by atoms with Gasteiger partial charge in [0.15, 0.2) is 11.2 Å². The van der Waals surface area contributed by atoms with Gasteiger partial charge in [-0.2, -0.15) is 4.98 Å². The van der Waals surface area contributed by atoms with E-state index in [0.29, 0.717) is 18.1 Å². The summed E-state index contributed by atoms with van der Waals surface area (Å²) in [5.74, 6) is 0.665. The molecule has 3 aromatic rings. The molecule has 0 aliphatic heterocycles. The van der Waals surface area contributed by atoms with Crippen molar-refractivity contribution in [3.63, 3.8) is 0 Å². The fraction of sp³-hybridized carbons (Fsp3) is 0.167. The molecule has 0 saturated carbocycles. The van der Waals surface area contributed by atoms with Crippen LogP contribution < -0.4 is 5.32 Å². The summed E-state index contributed by atoms with van der Waals surface area (Å²) in [6.45, 7) is 0.616. The molecule has 4 nitrogen and oxygen atoms in total. The first-order valence-corrected chi connectivity index (χ1v) is 6.20. The van der Waals surface area contributed by atoms with Crippen LogP contribution in [0.4, 0.5) is 0 Å². The highest BCUT2D eigenvalue weighted by Crippen LogP contribution is 2.25. The summed E-state index contributed by atoms with van der Waals surface area (Å²) in [4.78, 5) is 9.98. The molecule has 86 valence electrons. The molecule has 0 saturated heterocycles. The van der Waals surface area contributed by atoms with Gasteiger partial charge in [0.25, 0.3) is 0 Å². The third kappa shape index (κ3) is 1.94. The van der Waals surface area contributed by atoms with Crippen molar-refractivity contribution in [2.24, 2.45) is 0 Å². The first-order valence-electron chi connectivity index (χ1n) is 5.32. The van der Waals surface area contributed by atoms with E-state index in [9.17, 15) is 0 Å². The molecule has 0 bridgehead atoms. The lowest BCUT2D eigenvalue weighted by atomic mass is 10.3. The van der Waals surface area contributed by atoms with Gasteiger partial charge in [-0.1, -0.05) is 6.07 Å². The van der Waals surface area contributed by atoms with Crippen LogP contribution in [0.15, 0.2) is 34.1 Å². The van der Waals surface area contributed by atoms with Gasteiger partial charge in [0, 0.05) is 0 Å². The lowest BCUT2D eigenvalue weighted by molar-refractivity contribution is 0.511. The number of nitrogens with zero attached hydrogens (tertiary/aromatic N) is 2. The summed E-state index contributed by atoms with van der Waals surface area (Å²) >= 11 is 1.67. The second kappa shape index (κ2) is 4.27. The minimum absolute atomic E-state index is 0.616. The Kier molecular flexibility index (Phi) is 2.62. The topological polar surface area (TPSA) is 51.0 Å². The van der Waals surface area contributed by atoms with E-state index >= 15 is 0 Å².